The van der Waals surface area contributed by atoms with Gasteiger partial charge in [0, 0.05) is 31.5 Å². The van der Waals surface area contributed by atoms with Gasteiger partial charge in [0.05, 0.1) is 6.21 Å². The Bertz CT molecular complexity index is 1030. The van der Waals surface area contributed by atoms with Gasteiger partial charge in [-0.2, -0.15) is 10.1 Å². The molecule has 0 aliphatic heterocycles. The van der Waals surface area contributed by atoms with Gasteiger partial charge in [0.25, 0.3) is 5.56 Å². The number of rotatable bonds is 5. The smallest absolute Gasteiger partial charge is 0.299 e. The second-order valence-electron chi connectivity index (χ2n) is 4.98. The molecule has 0 atom stereocenters. The van der Waals surface area contributed by atoms with Gasteiger partial charge in [-0.25, -0.2) is 10.2 Å². The fraction of sp³-hybridized carbons (Fsp3) is 0.133. The van der Waals surface area contributed by atoms with Crippen molar-refractivity contribution in [1.29, 1.82) is 0 Å². The van der Waals surface area contributed by atoms with Crippen molar-refractivity contribution in [2.75, 3.05) is 5.43 Å². The summed E-state index contributed by atoms with van der Waals surface area (Å²) in [4.78, 5) is 34.4. The Morgan fingerprint density at radius 3 is 3.00 bits per heavy atom. The third-order valence-electron chi connectivity index (χ3n) is 3.38. The van der Waals surface area contributed by atoms with Gasteiger partial charge in [-0.1, -0.05) is 12.1 Å². The van der Waals surface area contributed by atoms with Crippen LogP contribution in [0.3, 0.4) is 0 Å². The lowest BCUT2D eigenvalue weighted by Gasteiger charge is -2.04. The minimum atomic E-state index is -0.527. The zero-order valence-electron chi connectivity index (χ0n) is 12.9. The summed E-state index contributed by atoms with van der Waals surface area (Å²) >= 11 is 0. The Morgan fingerprint density at radius 2 is 2.29 bits per heavy atom. The summed E-state index contributed by atoms with van der Waals surface area (Å²) in [5.74, 6) is 0.330. The number of hydrogen-bond acceptors (Lipinski definition) is 6. The summed E-state index contributed by atoms with van der Waals surface area (Å²) in [7, 11) is 1.54. The molecule has 3 aromatic heterocycles. The summed E-state index contributed by atoms with van der Waals surface area (Å²) in [5.41, 5.74) is 3.10. The average molecular weight is 325 g/mol. The van der Waals surface area contributed by atoms with E-state index in [-0.39, 0.29) is 11.2 Å². The molecular weight excluding hydrogens is 310 g/mol. The van der Waals surface area contributed by atoms with Gasteiger partial charge < -0.3 is 0 Å². The highest BCUT2D eigenvalue weighted by Crippen LogP contribution is 2.15. The van der Waals surface area contributed by atoms with Crippen LogP contribution in [0.5, 0.6) is 0 Å². The first kappa shape index (κ1) is 15.4. The van der Waals surface area contributed by atoms with Gasteiger partial charge >= 0.3 is 5.69 Å². The minimum Gasteiger partial charge on any atom is -0.299 e. The summed E-state index contributed by atoms with van der Waals surface area (Å²) in [5, 5.41) is 4.10. The lowest BCUT2D eigenvalue weighted by atomic mass is 10.3. The van der Waals surface area contributed by atoms with E-state index in [1.54, 1.807) is 35.3 Å². The normalized spacial score (nSPS) is 11.2. The summed E-state index contributed by atoms with van der Waals surface area (Å²) in [6, 6.07) is 3.64. The SMILES string of the molecule is C=CCn1c(NN=Cc2cccnc2)nc2c1c(=O)[nH]c(=O)n2C. The Labute approximate surface area is 136 Å². The van der Waals surface area contributed by atoms with Gasteiger partial charge in [0.1, 0.15) is 0 Å². The monoisotopic (exact) mass is 325 g/mol. The van der Waals surface area contributed by atoms with E-state index in [9.17, 15) is 9.59 Å². The van der Waals surface area contributed by atoms with Crippen LogP contribution >= 0.6 is 0 Å². The molecule has 9 heteroatoms. The van der Waals surface area contributed by atoms with E-state index in [0.29, 0.717) is 12.5 Å². The van der Waals surface area contributed by atoms with Crippen molar-refractivity contribution in [1.82, 2.24) is 24.1 Å². The summed E-state index contributed by atoms with van der Waals surface area (Å²) in [6.45, 7) is 4.01. The first-order valence-electron chi connectivity index (χ1n) is 7.11. The van der Waals surface area contributed by atoms with E-state index >= 15 is 0 Å². The molecule has 3 aromatic rings. The highest BCUT2D eigenvalue weighted by Gasteiger charge is 2.16. The number of aryl methyl sites for hydroxylation is 1. The maximum absolute atomic E-state index is 12.1. The van der Waals surface area contributed by atoms with Crippen LogP contribution in [0, 0.1) is 0 Å². The van der Waals surface area contributed by atoms with E-state index < -0.39 is 11.2 Å². The summed E-state index contributed by atoms with van der Waals surface area (Å²) < 4.78 is 2.87. The number of allylic oxidation sites excluding steroid dienone is 1. The molecule has 2 N–H and O–H groups in total. The molecule has 0 radical (unpaired) electrons. The first-order valence-corrected chi connectivity index (χ1v) is 7.11. The number of aromatic nitrogens is 5. The molecule has 9 nitrogen and oxygen atoms in total. The molecule has 0 saturated carbocycles. The number of hydrogen-bond donors (Lipinski definition) is 2. The van der Waals surface area contributed by atoms with Crippen molar-refractivity contribution >= 4 is 23.3 Å². The predicted octanol–water partition coefficient (Wildman–Crippen LogP) is 0.450. The molecule has 0 fully saturated rings. The van der Waals surface area contributed by atoms with E-state index in [2.05, 4.69) is 32.1 Å². The highest BCUT2D eigenvalue weighted by molar-refractivity contribution is 5.80. The number of pyridine rings is 1. The molecule has 0 bridgehead atoms. The zero-order valence-corrected chi connectivity index (χ0v) is 12.9. The van der Waals surface area contributed by atoms with E-state index in [1.165, 1.54) is 11.6 Å². The highest BCUT2D eigenvalue weighted by atomic mass is 16.2. The predicted molar refractivity (Wildman–Crippen MR) is 91.2 cm³/mol. The van der Waals surface area contributed by atoms with Gasteiger partial charge in [0.2, 0.25) is 5.95 Å². The second kappa shape index (κ2) is 6.32. The van der Waals surface area contributed by atoms with Crippen molar-refractivity contribution in [2.45, 2.75) is 6.54 Å². The van der Waals surface area contributed by atoms with Crippen molar-refractivity contribution in [3.8, 4) is 0 Å². The van der Waals surface area contributed by atoms with Crippen LogP contribution < -0.4 is 16.7 Å². The average Bonchev–Trinajstić information content (AvgIpc) is 2.93. The van der Waals surface area contributed by atoms with Gasteiger partial charge in [0.15, 0.2) is 11.2 Å². The van der Waals surface area contributed by atoms with Crippen LogP contribution in [0.25, 0.3) is 11.2 Å². The molecule has 3 rings (SSSR count). The fourth-order valence-electron chi connectivity index (χ4n) is 2.24. The lowest BCUT2D eigenvalue weighted by molar-refractivity contribution is 0.819. The Balaban J connectivity index is 2.05. The summed E-state index contributed by atoms with van der Waals surface area (Å²) in [6.07, 6.45) is 6.53. The molecule has 0 aliphatic rings. The molecule has 0 saturated heterocycles. The zero-order chi connectivity index (χ0) is 17.1. The molecule has 0 unspecified atom stereocenters. The number of fused-ring (bicyclic) bond motifs is 1. The largest absolute Gasteiger partial charge is 0.329 e. The Kier molecular flexibility index (Phi) is 4.06. The van der Waals surface area contributed by atoms with Gasteiger partial charge in [-0.3, -0.25) is 23.9 Å². The molecule has 3 heterocycles. The quantitative estimate of drug-likeness (QED) is 0.402. The van der Waals surface area contributed by atoms with Crippen molar-refractivity contribution in [2.24, 2.45) is 12.1 Å². The van der Waals surface area contributed by atoms with Crippen LogP contribution in [0.15, 0.2) is 51.9 Å². The Hall–Kier alpha value is -3.49. The van der Waals surface area contributed by atoms with Crippen LogP contribution in [0.1, 0.15) is 5.56 Å². The van der Waals surface area contributed by atoms with Crippen LogP contribution in [-0.2, 0) is 13.6 Å². The number of nitrogens with one attached hydrogen (secondary N) is 2. The van der Waals surface area contributed by atoms with Crippen LogP contribution in [0.2, 0.25) is 0 Å². The maximum atomic E-state index is 12.1. The molecule has 24 heavy (non-hydrogen) atoms. The molecule has 0 aliphatic carbocycles. The number of anilines is 1. The standard InChI is InChI=1S/C15H15N7O2/c1-3-7-22-11-12(21(2)15(24)19-13(11)23)18-14(22)20-17-9-10-5-4-6-16-8-10/h3-6,8-9H,1,7H2,2H3,(H,18,20)(H,19,23,24). The second-order valence-corrected chi connectivity index (χ2v) is 4.98. The van der Waals surface area contributed by atoms with E-state index in [4.69, 9.17) is 0 Å². The van der Waals surface area contributed by atoms with Crippen LogP contribution in [0.4, 0.5) is 5.95 Å². The van der Waals surface area contributed by atoms with E-state index in [0.717, 1.165) is 5.56 Å². The van der Waals surface area contributed by atoms with Crippen molar-refractivity contribution in [3.05, 3.63) is 63.6 Å². The number of imidazole rings is 1. The molecule has 0 amide bonds. The van der Waals surface area contributed by atoms with Crippen molar-refractivity contribution < 1.29 is 0 Å². The maximum Gasteiger partial charge on any atom is 0.329 e. The van der Waals surface area contributed by atoms with Gasteiger partial charge in [-0.15, -0.1) is 6.58 Å². The topological polar surface area (TPSA) is 110 Å². The number of nitrogens with zero attached hydrogens (tertiary/aromatic N) is 5. The molecule has 0 spiro atoms. The number of aromatic amines is 1. The van der Waals surface area contributed by atoms with Crippen molar-refractivity contribution in [3.63, 3.8) is 0 Å². The van der Waals surface area contributed by atoms with Gasteiger partial charge in [-0.05, 0) is 6.07 Å². The first-order chi connectivity index (χ1) is 11.6. The lowest BCUT2D eigenvalue weighted by Crippen LogP contribution is -2.29. The minimum absolute atomic E-state index is 0.268. The molecular formula is C15H15N7O2. The third kappa shape index (κ3) is 2.74. The fourth-order valence-corrected chi connectivity index (χ4v) is 2.24. The number of H-pyrrole nitrogens is 1. The molecule has 122 valence electrons. The van der Waals surface area contributed by atoms with Crippen LogP contribution in [-0.4, -0.2) is 30.3 Å². The third-order valence-corrected chi connectivity index (χ3v) is 3.38. The number of hydrazone groups is 1. The Morgan fingerprint density at radius 1 is 1.46 bits per heavy atom. The van der Waals surface area contributed by atoms with E-state index in [1.807, 2.05) is 6.07 Å². The molecule has 0 aromatic carbocycles.